The van der Waals surface area contributed by atoms with Crippen LogP contribution < -0.4 is 0 Å². The Bertz CT molecular complexity index is 475. The molecule has 0 radical (unpaired) electrons. The first-order valence-corrected chi connectivity index (χ1v) is 7.38. The Morgan fingerprint density at radius 3 is 2.43 bits per heavy atom. The van der Waals surface area contributed by atoms with Gasteiger partial charge in [0.2, 0.25) is 0 Å². The van der Waals surface area contributed by atoms with Crippen molar-refractivity contribution in [3.63, 3.8) is 0 Å². The fourth-order valence-corrected chi connectivity index (χ4v) is 2.05. The number of hydrogen-bond acceptors (Lipinski definition) is 3. The second-order valence-electron chi connectivity index (χ2n) is 4.94. The Morgan fingerprint density at radius 2 is 1.90 bits per heavy atom. The average molecular weight is 287 g/mol. The Hall–Kier alpha value is -1.87. The molecule has 0 heterocycles. The third-order valence-corrected chi connectivity index (χ3v) is 3.33. The summed E-state index contributed by atoms with van der Waals surface area (Å²) in [6.45, 7) is 11.6. The highest BCUT2D eigenvalue weighted by Gasteiger charge is 2.15. The lowest BCUT2D eigenvalue weighted by molar-refractivity contribution is -0.140. The molecule has 0 aliphatic carbocycles. The number of nitrogens with zero attached hydrogens (tertiary/aromatic N) is 1. The summed E-state index contributed by atoms with van der Waals surface area (Å²) in [6.07, 6.45) is 4.16. The van der Waals surface area contributed by atoms with E-state index in [4.69, 9.17) is 4.74 Å². The molecule has 0 aliphatic rings. The van der Waals surface area contributed by atoms with Gasteiger partial charge in [0.1, 0.15) is 6.61 Å². The molecule has 0 aromatic heterocycles. The molecule has 0 saturated carbocycles. The van der Waals surface area contributed by atoms with E-state index < -0.39 is 0 Å². The van der Waals surface area contributed by atoms with Crippen molar-refractivity contribution in [3.8, 4) is 0 Å². The van der Waals surface area contributed by atoms with Crippen LogP contribution in [0.15, 0.2) is 48.6 Å². The van der Waals surface area contributed by atoms with Crippen molar-refractivity contribution in [1.29, 1.82) is 0 Å². The number of carbonyl (C=O) groups excluding carboxylic acids is 1. The van der Waals surface area contributed by atoms with Crippen LogP contribution in [-0.2, 0) is 9.53 Å². The Balaban J connectivity index is 2.75. The summed E-state index contributed by atoms with van der Waals surface area (Å²) in [5.41, 5.74) is 1.57. The predicted octanol–water partition coefficient (Wildman–Crippen LogP) is 3.53. The van der Waals surface area contributed by atoms with Gasteiger partial charge >= 0.3 is 5.97 Å². The van der Waals surface area contributed by atoms with E-state index in [-0.39, 0.29) is 12.0 Å². The van der Waals surface area contributed by atoms with Gasteiger partial charge in [0, 0.05) is 5.57 Å². The van der Waals surface area contributed by atoms with Crippen molar-refractivity contribution in [1.82, 2.24) is 4.90 Å². The second kappa shape index (κ2) is 9.14. The van der Waals surface area contributed by atoms with Gasteiger partial charge in [0.25, 0.3) is 0 Å². The molecule has 1 unspecified atom stereocenters. The number of likely N-dealkylation sites (N-methyl/N-ethyl adjacent to an activating group) is 1. The number of hydrogen-bond donors (Lipinski definition) is 0. The van der Waals surface area contributed by atoms with E-state index in [9.17, 15) is 4.79 Å². The van der Waals surface area contributed by atoms with Crippen LogP contribution in [0, 0.1) is 0 Å². The molecule has 0 spiro atoms. The summed E-state index contributed by atoms with van der Waals surface area (Å²) in [4.78, 5) is 13.8. The van der Waals surface area contributed by atoms with Crippen LogP contribution in [0.3, 0.4) is 0 Å². The van der Waals surface area contributed by atoms with Gasteiger partial charge in [-0.2, -0.15) is 0 Å². The molecule has 114 valence electrons. The van der Waals surface area contributed by atoms with Gasteiger partial charge in [0.15, 0.2) is 0 Å². The molecule has 0 saturated heterocycles. The number of ether oxygens (including phenoxy) is 1. The maximum atomic E-state index is 11.6. The van der Waals surface area contributed by atoms with Crippen LogP contribution in [-0.4, -0.2) is 36.6 Å². The summed E-state index contributed by atoms with van der Waals surface area (Å²) >= 11 is 0. The number of rotatable bonds is 8. The molecule has 0 bridgehead atoms. The van der Waals surface area contributed by atoms with Crippen molar-refractivity contribution in [2.24, 2.45) is 0 Å². The summed E-state index contributed by atoms with van der Waals surface area (Å²) in [5, 5.41) is 0. The summed E-state index contributed by atoms with van der Waals surface area (Å²) < 4.78 is 5.31. The number of carbonyl (C=O) groups is 1. The minimum absolute atomic E-state index is 0.0727. The SMILES string of the molecule is C=C(C)C(=O)OCC(C=Cc1ccccc1)N(CC)CC. The molecule has 21 heavy (non-hydrogen) atoms. The zero-order valence-electron chi connectivity index (χ0n) is 13.2. The van der Waals surface area contributed by atoms with E-state index >= 15 is 0 Å². The van der Waals surface area contributed by atoms with E-state index in [2.05, 4.69) is 49.6 Å². The maximum absolute atomic E-state index is 11.6. The highest BCUT2D eigenvalue weighted by molar-refractivity contribution is 5.86. The predicted molar refractivity (Wildman–Crippen MR) is 88.0 cm³/mol. The Labute approximate surface area is 127 Å². The van der Waals surface area contributed by atoms with Gasteiger partial charge in [0.05, 0.1) is 6.04 Å². The average Bonchev–Trinajstić information content (AvgIpc) is 2.50. The summed E-state index contributed by atoms with van der Waals surface area (Å²) in [6, 6.07) is 10.2. The van der Waals surface area contributed by atoms with Crippen molar-refractivity contribution >= 4 is 12.0 Å². The smallest absolute Gasteiger partial charge is 0.333 e. The Kier molecular flexibility index (Phi) is 7.48. The molecule has 1 aromatic rings. The van der Waals surface area contributed by atoms with Crippen molar-refractivity contribution in [2.45, 2.75) is 26.8 Å². The second-order valence-corrected chi connectivity index (χ2v) is 4.94. The van der Waals surface area contributed by atoms with Crippen molar-refractivity contribution in [2.75, 3.05) is 19.7 Å². The van der Waals surface area contributed by atoms with Crippen LogP contribution in [0.1, 0.15) is 26.3 Å². The minimum atomic E-state index is -0.333. The first-order valence-electron chi connectivity index (χ1n) is 7.38. The van der Waals surface area contributed by atoms with E-state index in [1.807, 2.05) is 18.2 Å². The molecule has 0 fully saturated rings. The number of esters is 1. The van der Waals surface area contributed by atoms with Crippen LogP contribution in [0.2, 0.25) is 0 Å². The number of benzene rings is 1. The third-order valence-electron chi connectivity index (χ3n) is 3.33. The molecule has 3 nitrogen and oxygen atoms in total. The normalized spacial score (nSPS) is 12.6. The maximum Gasteiger partial charge on any atom is 0.333 e. The van der Waals surface area contributed by atoms with Crippen molar-refractivity contribution < 1.29 is 9.53 Å². The van der Waals surface area contributed by atoms with E-state index in [0.717, 1.165) is 18.7 Å². The minimum Gasteiger partial charge on any atom is -0.460 e. The van der Waals surface area contributed by atoms with Gasteiger partial charge < -0.3 is 4.74 Å². The Morgan fingerprint density at radius 1 is 1.29 bits per heavy atom. The first kappa shape index (κ1) is 17.2. The molecule has 3 heteroatoms. The lowest BCUT2D eigenvalue weighted by Crippen LogP contribution is -2.37. The zero-order chi connectivity index (χ0) is 15.7. The lowest BCUT2D eigenvalue weighted by atomic mass is 10.1. The van der Waals surface area contributed by atoms with Gasteiger partial charge in [-0.3, -0.25) is 4.90 Å². The molecular weight excluding hydrogens is 262 g/mol. The molecule has 0 aliphatic heterocycles. The molecule has 1 aromatic carbocycles. The topological polar surface area (TPSA) is 29.5 Å². The molecule has 0 amide bonds. The van der Waals surface area contributed by atoms with Crippen LogP contribution >= 0.6 is 0 Å². The highest BCUT2D eigenvalue weighted by Crippen LogP contribution is 2.08. The fourth-order valence-electron chi connectivity index (χ4n) is 2.05. The molecule has 1 rings (SSSR count). The fraction of sp³-hybridized carbons (Fsp3) is 0.389. The highest BCUT2D eigenvalue weighted by atomic mass is 16.5. The van der Waals surface area contributed by atoms with Gasteiger partial charge in [-0.15, -0.1) is 0 Å². The largest absolute Gasteiger partial charge is 0.460 e. The van der Waals surface area contributed by atoms with Gasteiger partial charge in [-0.1, -0.05) is 62.9 Å². The monoisotopic (exact) mass is 287 g/mol. The molecule has 0 N–H and O–H groups in total. The lowest BCUT2D eigenvalue weighted by Gasteiger charge is -2.26. The third kappa shape index (κ3) is 5.96. The standard InChI is InChI=1S/C18H25NO2/c1-5-19(6-2)17(14-21-18(20)15(3)4)13-12-16-10-8-7-9-11-16/h7-13,17H,3,5-6,14H2,1-2,4H3. The zero-order valence-corrected chi connectivity index (χ0v) is 13.2. The summed E-state index contributed by atoms with van der Waals surface area (Å²) in [7, 11) is 0. The molecular formula is C18H25NO2. The quantitative estimate of drug-likeness (QED) is 0.541. The van der Waals surface area contributed by atoms with Crippen LogP contribution in [0.5, 0.6) is 0 Å². The van der Waals surface area contributed by atoms with Crippen LogP contribution in [0.4, 0.5) is 0 Å². The molecule has 1 atom stereocenters. The van der Waals surface area contributed by atoms with Crippen molar-refractivity contribution in [3.05, 3.63) is 54.1 Å². The first-order chi connectivity index (χ1) is 10.1. The van der Waals surface area contributed by atoms with E-state index in [1.54, 1.807) is 6.92 Å². The van der Waals surface area contributed by atoms with Gasteiger partial charge in [-0.25, -0.2) is 4.79 Å². The van der Waals surface area contributed by atoms with E-state index in [0.29, 0.717) is 12.2 Å². The van der Waals surface area contributed by atoms with Gasteiger partial charge in [-0.05, 0) is 25.6 Å². The summed E-state index contributed by atoms with van der Waals surface area (Å²) in [5.74, 6) is -0.333. The van der Waals surface area contributed by atoms with E-state index in [1.165, 1.54) is 0 Å². The van der Waals surface area contributed by atoms with Crippen LogP contribution in [0.25, 0.3) is 6.08 Å².